The zero-order valence-corrected chi connectivity index (χ0v) is 8.14. The predicted octanol–water partition coefficient (Wildman–Crippen LogP) is 2.13. The molecule has 0 radical (unpaired) electrons. The molecule has 0 aliphatic rings. The maximum absolute atomic E-state index is 10.9. The number of nitrogens with zero attached hydrogens (tertiary/aromatic N) is 1. The van der Waals surface area contributed by atoms with Gasteiger partial charge >= 0.3 is 5.97 Å². The van der Waals surface area contributed by atoms with Crippen molar-refractivity contribution in [1.29, 1.82) is 5.26 Å². The molecule has 0 bridgehead atoms. The van der Waals surface area contributed by atoms with Crippen molar-refractivity contribution in [2.45, 2.75) is 13.3 Å². The quantitative estimate of drug-likeness (QED) is 0.289. The van der Waals surface area contributed by atoms with Crippen molar-refractivity contribution in [3.63, 3.8) is 0 Å². The van der Waals surface area contributed by atoms with E-state index in [1.807, 2.05) is 25.1 Å². The van der Waals surface area contributed by atoms with Gasteiger partial charge in [-0.3, -0.25) is 0 Å². The van der Waals surface area contributed by atoms with Crippen molar-refractivity contribution in [3.05, 3.63) is 36.5 Å². The summed E-state index contributed by atoms with van der Waals surface area (Å²) in [6.07, 6.45) is 10.4. The second kappa shape index (κ2) is 9.27. The molecular weight excluding hydrogens is 178 g/mol. The number of carbonyl (C=O) groups excluding carboxylic acids is 1. The lowest BCUT2D eigenvalue weighted by molar-refractivity contribution is -0.137. The van der Waals surface area contributed by atoms with Gasteiger partial charge in [0.05, 0.1) is 12.5 Å². The minimum Gasteiger partial charge on any atom is -0.461 e. The molecule has 3 heteroatoms. The third kappa shape index (κ3) is 8.28. The summed E-state index contributed by atoms with van der Waals surface area (Å²) in [5.74, 6) is -0.426. The van der Waals surface area contributed by atoms with E-state index in [0.717, 1.165) is 0 Å². The van der Waals surface area contributed by atoms with Gasteiger partial charge in [-0.1, -0.05) is 30.4 Å². The van der Waals surface area contributed by atoms with E-state index < -0.39 is 5.97 Å². The molecule has 0 spiro atoms. The molecule has 0 aliphatic carbocycles. The van der Waals surface area contributed by atoms with Gasteiger partial charge in [0.1, 0.15) is 6.61 Å². The van der Waals surface area contributed by atoms with Crippen LogP contribution in [0.3, 0.4) is 0 Å². The molecule has 0 saturated heterocycles. The fourth-order valence-electron chi connectivity index (χ4n) is 0.619. The van der Waals surface area contributed by atoms with Gasteiger partial charge in [0.2, 0.25) is 0 Å². The molecule has 0 atom stereocenters. The maximum atomic E-state index is 10.9. The maximum Gasteiger partial charge on any atom is 0.330 e. The lowest BCUT2D eigenvalue weighted by Crippen LogP contribution is -2.00. The Balaban J connectivity index is 3.66. The summed E-state index contributed by atoms with van der Waals surface area (Å²) in [5.41, 5.74) is 0. The lowest BCUT2D eigenvalue weighted by Gasteiger charge is -1.94. The monoisotopic (exact) mass is 191 g/mol. The second-order valence-electron chi connectivity index (χ2n) is 2.35. The van der Waals surface area contributed by atoms with E-state index in [9.17, 15) is 4.79 Å². The van der Waals surface area contributed by atoms with E-state index in [1.165, 1.54) is 6.08 Å². The van der Waals surface area contributed by atoms with Gasteiger partial charge in [0, 0.05) is 6.08 Å². The third-order valence-electron chi connectivity index (χ3n) is 1.22. The Labute approximate surface area is 84.0 Å². The molecule has 14 heavy (non-hydrogen) atoms. The van der Waals surface area contributed by atoms with Crippen molar-refractivity contribution in [1.82, 2.24) is 0 Å². The first kappa shape index (κ1) is 12.2. The van der Waals surface area contributed by atoms with E-state index in [1.54, 1.807) is 18.2 Å². The van der Waals surface area contributed by atoms with Crippen LogP contribution in [0.15, 0.2) is 36.5 Å². The average Bonchev–Trinajstić information content (AvgIpc) is 2.18. The molecule has 0 rings (SSSR count). The Morgan fingerprint density at radius 1 is 1.36 bits per heavy atom. The molecule has 0 N–H and O–H groups in total. The van der Waals surface area contributed by atoms with E-state index in [-0.39, 0.29) is 13.0 Å². The van der Waals surface area contributed by atoms with Crippen LogP contribution in [0.5, 0.6) is 0 Å². The van der Waals surface area contributed by atoms with Crippen LogP contribution in [-0.4, -0.2) is 12.6 Å². The fourth-order valence-corrected chi connectivity index (χ4v) is 0.619. The fraction of sp³-hybridized carbons (Fsp3) is 0.273. The van der Waals surface area contributed by atoms with Gasteiger partial charge in [-0.05, 0) is 6.92 Å². The summed E-state index contributed by atoms with van der Waals surface area (Å²) in [5, 5.41) is 8.17. The highest BCUT2D eigenvalue weighted by Crippen LogP contribution is 1.86. The SMILES string of the molecule is CC=C/C=C\C=C\C(=O)OCCC#N. The molecule has 0 amide bonds. The Morgan fingerprint density at radius 2 is 2.07 bits per heavy atom. The van der Waals surface area contributed by atoms with E-state index in [4.69, 9.17) is 5.26 Å². The van der Waals surface area contributed by atoms with Gasteiger partial charge < -0.3 is 4.74 Å². The van der Waals surface area contributed by atoms with Gasteiger partial charge in [0.15, 0.2) is 0 Å². The van der Waals surface area contributed by atoms with Crippen LogP contribution in [0.4, 0.5) is 0 Å². The smallest absolute Gasteiger partial charge is 0.330 e. The molecular formula is C11H13NO2. The molecule has 0 saturated carbocycles. The number of allylic oxidation sites excluding steroid dienone is 5. The molecule has 0 fully saturated rings. The highest BCUT2D eigenvalue weighted by atomic mass is 16.5. The van der Waals surface area contributed by atoms with Crippen LogP contribution in [0.25, 0.3) is 0 Å². The van der Waals surface area contributed by atoms with E-state index in [0.29, 0.717) is 0 Å². The number of esters is 1. The van der Waals surface area contributed by atoms with Crippen molar-refractivity contribution >= 4 is 5.97 Å². The zero-order valence-electron chi connectivity index (χ0n) is 8.14. The van der Waals surface area contributed by atoms with Crippen molar-refractivity contribution < 1.29 is 9.53 Å². The number of ether oxygens (including phenoxy) is 1. The second-order valence-corrected chi connectivity index (χ2v) is 2.35. The number of hydrogen-bond donors (Lipinski definition) is 0. The first-order valence-corrected chi connectivity index (χ1v) is 4.31. The van der Waals surface area contributed by atoms with Crippen LogP contribution in [0.1, 0.15) is 13.3 Å². The molecule has 0 unspecified atom stereocenters. The Hall–Kier alpha value is -1.82. The van der Waals surface area contributed by atoms with Crippen molar-refractivity contribution in [3.8, 4) is 6.07 Å². The minimum atomic E-state index is -0.426. The van der Waals surface area contributed by atoms with Crippen LogP contribution in [0.2, 0.25) is 0 Å². The molecule has 0 aromatic heterocycles. The number of rotatable bonds is 5. The summed E-state index contributed by atoms with van der Waals surface area (Å²) in [4.78, 5) is 10.9. The Bertz CT molecular complexity index is 282. The number of carbonyl (C=O) groups is 1. The number of hydrogen-bond acceptors (Lipinski definition) is 3. The molecule has 0 heterocycles. The van der Waals surface area contributed by atoms with Crippen LogP contribution >= 0.6 is 0 Å². The van der Waals surface area contributed by atoms with Crippen LogP contribution in [0, 0.1) is 11.3 Å². The van der Waals surface area contributed by atoms with Crippen molar-refractivity contribution in [2.24, 2.45) is 0 Å². The van der Waals surface area contributed by atoms with E-state index >= 15 is 0 Å². The predicted molar refractivity (Wildman–Crippen MR) is 54.3 cm³/mol. The van der Waals surface area contributed by atoms with Gasteiger partial charge in [-0.15, -0.1) is 0 Å². The lowest BCUT2D eigenvalue weighted by atomic mass is 10.4. The standard InChI is InChI=1S/C11H13NO2/c1-2-3-4-5-6-8-11(13)14-10-7-9-12/h2-6,8H,7,10H2,1H3/b3-2?,5-4-,8-6+. The van der Waals surface area contributed by atoms with Crippen LogP contribution < -0.4 is 0 Å². The van der Waals surface area contributed by atoms with Gasteiger partial charge in [0.25, 0.3) is 0 Å². The Kier molecular flexibility index (Phi) is 8.06. The highest BCUT2D eigenvalue weighted by molar-refractivity contribution is 5.82. The molecule has 0 aromatic rings. The largest absolute Gasteiger partial charge is 0.461 e. The normalized spacial score (nSPS) is 11.1. The topological polar surface area (TPSA) is 50.1 Å². The summed E-state index contributed by atoms with van der Waals surface area (Å²) in [6.45, 7) is 2.06. The molecule has 3 nitrogen and oxygen atoms in total. The Morgan fingerprint density at radius 3 is 2.71 bits per heavy atom. The highest BCUT2D eigenvalue weighted by Gasteiger charge is 1.93. The molecule has 74 valence electrons. The van der Waals surface area contributed by atoms with Gasteiger partial charge in [-0.2, -0.15) is 5.26 Å². The van der Waals surface area contributed by atoms with Gasteiger partial charge in [-0.25, -0.2) is 4.79 Å². The zero-order chi connectivity index (χ0) is 10.6. The third-order valence-corrected chi connectivity index (χ3v) is 1.22. The molecule has 0 aliphatic heterocycles. The molecule has 0 aromatic carbocycles. The first-order valence-electron chi connectivity index (χ1n) is 4.31. The summed E-state index contributed by atoms with van der Waals surface area (Å²) in [6, 6.07) is 1.88. The van der Waals surface area contributed by atoms with Crippen molar-refractivity contribution in [2.75, 3.05) is 6.61 Å². The van der Waals surface area contributed by atoms with Crippen LogP contribution in [-0.2, 0) is 9.53 Å². The number of nitriles is 1. The summed E-state index contributed by atoms with van der Waals surface area (Å²) < 4.78 is 4.69. The first-order chi connectivity index (χ1) is 6.81. The minimum absolute atomic E-state index is 0.151. The summed E-state index contributed by atoms with van der Waals surface area (Å²) >= 11 is 0. The summed E-state index contributed by atoms with van der Waals surface area (Å²) in [7, 11) is 0. The average molecular weight is 191 g/mol. The van der Waals surface area contributed by atoms with E-state index in [2.05, 4.69) is 4.74 Å².